The van der Waals surface area contributed by atoms with Gasteiger partial charge in [0, 0.05) is 36.7 Å². The van der Waals surface area contributed by atoms with E-state index < -0.39 is 0 Å². The first kappa shape index (κ1) is 20.6. The predicted octanol–water partition coefficient (Wildman–Crippen LogP) is 2.92. The minimum Gasteiger partial charge on any atom is -0.379 e. The van der Waals surface area contributed by atoms with Crippen LogP contribution in [-0.2, 0) is 16.1 Å². The Morgan fingerprint density at radius 2 is 1.85 bits per heavy atom. The van der Waals surface area contributed by atoms with Gasteiger partial charge < -0.3 is 10.1 Å². The smallest absolute Gasteiger partial charge is 0.234 e. The molecule has 1 aliphatic heterocycles. The van der Waals surface area contributed by atoms with Crippen molar-refractivity contribution in [2.75, 3.05) is 46.4 Å². The molecule has 1 heterocycles. The first-order valence-electron chi connectivity index (χ1n) is 10.1. The molecule has 2 aliphatic rings. The second-order valence-corrected chi connectivity index (χ2v) is 8.40. The minimum atomic E-state index is 0.102. The Hall–Kier alpha value is -1.14. The quantitative estimate of drug-likeness (QED) is 0.773. The molecule has 1 aliphatic carbocycles. The summed E-state index contributed by atoms with van der Waals surface area (Å²) >= 11 is 5.94. The van der Waals surface area contributed by atoms with Crippen molar-refractivity contribution < 1.29 is 9.53 Å². The van der Waals surface area contributed by atoms with Crippen molar-refractivity contribution in [1.82, 2.24) is 15.1 Å². The van der Waals surface area contributed by atoms with Crippen LogP contribution in [0.15, 0.2) is 24.3 Å². The molecule has 2 fully saturated rings. The average molecular weight is 394 g/mol. The van der Waals surface area contributed by atoms with Crippen LogP contribution in [0.1, 0.15) is 37.7 Å². The van der Waals surface area contributed by atoms with Gasteiger partial charge in [0.25, 0.3) is 0 Å². The highest BCUT2D eigenvalue weighted by atomic mass is 35.5. The number of hydrogen-bond acceptors (Lipinski definition) is 4. The number of nitrogens with one attached hydrogen (secondary N) is 1. The number of carbonyl (C=O) groups is 1. The molecule has 1 N–H and O–H groups in total. The maximum absolute atomic E-state index is 12.5. The van der Waals surface area contributed by atoms with E-state index in [1.54, 1.807) is 0 Å². The summed E-state index contributed by atoms with van der Waals surface area (Å²) in [6.45, 7) is 5.46. The Morgan fingerprint density at radius 1 is 1.19 bits per heavy atom. The lowest BCUT2D eigenvalue weighted by Gasteiger charge is -2.48. The molecule has 0 spiro atoms. The van der Waals surface area contributed by atoms with Crippen LogP contribution in [0, 0.1) is 0 Å². The number of ether oxygens (including phenoxy) is 1. The van der Waals surface area contributed by atoms with E-state index in [1.165, 1.54) is 32.1 Å². The maximum Gasteiger partial charge on any atom is 0.234 e. The van der Waals surface area contributed by atoms with Gasteiger partial charge in [-0.1, -0.05) is 43.0 Å². The number of rotatable bonds is 7. The van der Waals surface area contributed by atoms with E-state index in [1.807, 2.05) is 36.2 Å². The van der Waals surface area contributed by atoms with Crippen LogP contribution >= 0.6 is 11.6 Å². The van der Waals surface area contributed by atoms with Crippen molar-refractivity contribution in [3.8, 4) is 0 Å². The van der Waals surface area contributed by atoms with Crippen molar-refractivity contribution in [2.45, 2.75) is 44.2 Å². The van der Waals surface area contributed by atoms with Gasteiger partial charge in [-0.2, -0.15) is 0 Å². The van der Waals surface area contributed by atoms with Gasteiger partial charge in [0.2, 0.25) is 5.91 Å². The highest BCUT2D eigenvalue weighted by Gasteiger charge is 2.38. The third-order valence-corrected chi connectivity index (χ3v) is 6.11. The first-order chi connectivity index (χ1) is 13.1. The number of morpholine rings is 1. The molecular formula is C21H32ClN3O2. The largest absolute Gasteiger partial charge is 0.379 e. The van der Waals surface area contributed by atoms with Crippen molar-refractivity contribution in [3.63, 3.8) is 0 Å². The SMILES string of the molecule is CN(CC(=O)NCC1(N2CCOCC2)CCCCC1)Cc1ccc(Cl)cc1. The van der Waals surface area contributed by atoms with Crippen LogP contribution in [0.4, 0.5) is 0 Å². The van der Waals surface area contributed by atoms with Gasteiger partial charge in [-0.15, -0.1) is 0 Å². The van der Waals surface area contributed by atoms with Crippen LogP contribution in [0.2, 0.25) is 5.02 Å². The van der Waals surface area contributed by atoms with Crippen LogP contribution < -0.4 is 5.32 Å². The number of nitrogens with zero attached hydrogens (tertiary/aromatic N) is 2. The summed E-state index contributed by atoms with van der Waals surface area (Å²) in [6, 6.07) is 7.79. The molecular weight excluding hydrogens is 362 g/mol. The fourth-order valence-electron chi connectivity index (χ4n) is 4.37. The molecule has 3 rings (SSSR count). The third kappa shape index (κ3) is 5.92. The van der Waals surface area contributed by atoms with Gasteiger partial charge in [-0.25, -0.2) is 0 Å². The Labute approximate surface area is 168 Å². The van der Waals surface area contributed by atoms with Crippen LogP contribution in [-0.4, -0.2) is 67.7 Å². The number of hydrogen-bond donors (Lipinski definition) is 1. The van der Waals surface area contributed by atoms with E-state index in [-0.39, 0.29) is 11.4 Å². The summed E-state index contributed by atoms with van der Waals surface area (Å²) in [5.74, 6) is 0.102. The number of halogens is 1. The Bertz CT molecular complexity index is 596. The van der Waals surface area contributed by atoms with Gasteiger partial charge >= 0.3 is 0 Å². The lowest BCUT2D eigenvalue weighted by atomic mass is 9.79. The molecule has 150 valence electrons. The molecule has 5 nitrogen and oxygen atoms in total. The highest BCUT2D eigenvalue weighted by molar-refractivity contribution is 6.30. The molecule has 27 heavy (non-hydrogen) atoms. The van der Waals surface area contributed by atoms with Gasteiger partial charge in [0.15, 0.2) is 0 Å². The Kier molecular flexibility index (Phi) is 7.53. The zero-order valence-corrected chi connectivity index (χ0v) is 17.1. The standard InChI is InChI=1S/C21H32ClN3O2/c1-24(15-18-5-7-19(22)8-6-18)16-20(26)23-17-21(9-3-2-4-10-21)25-11-13-27-14-12-25/h5-8H,2-4,9-17H2,1H3,(H,23,26). The third-order valence-electron chi connectivity index (χ3n) is 5.86. The number of carbonyl (C=O) groups excluding carboxylic acids is 1. The van der Waals surface area contributed by atoms with E-state index in [0.717, 1.165) is 50.0 Å². The zero-order chi connectivity index (χ0) is 19.1. The minimum absolute atomic E-state index is 0.102. The number of benzene rings is 1. The van der Waals surface area contributed by atoms with E-state index >= 15 is 0 Å². The summed E-state index contributed by atoms with van der Waals surface area (Å²) in [7, 11) is 1.98. The van der Waals surface area contributed by atoms with Crippen molar-refractivity contribution >= 4 is 17.5 Å². The van der Waals surface area contributed by atoms with Gasteiger partial charge in [0.05, 0.1) is 19.8 Å². The average Bonchev–Trinajstić information content (AvgIpc) is 2.69. The molecule has 1 aromatic rings. The molecule has 0 unspecified atom stereocenters. The topological polar surface area (TPSA) is 44.8 Å². The molecule has 0 bridgehead atoms. The predicted molar refractivity (Wildman–Crippen MR) is 109 cm³/mol. The van der Waals surface area contributed by atoms with Crippen molar-refractivity contribution in [2.24, 2.45) is 0 Å². The molecule has 0 radical (unpaired) electrons. The Balaban J connectivity index is 1.50. The van der Waals surface area contributed by atoms with Crippen molar-refractivity contribution in [3.05, 3.63) is 34.9 Å². The number of amides is 1. The number of likely N-dealkylation sites (N-methyl/N-ethyl adjacent to an activating group) is 1. The summed E-state index contributed by atoms with van der Waals surface area (Å²) in [4.78, 5) is 17.2. The fraction of sp³-hybridized carbons (Fsp3) is 0.667. The van der Waals surface area contributed by atoms with E-state index in [4.69, 9.17) is 16.3 Å². The maximum atomic E-state index is 12.5. The summed E-state index contributed by atoms with van der Waals surface area (Å²) < 4.78 is 5.53. The van der Waals surface area contributed by atoms with Crippen LogP contribution in [0.25, 0.3) is 0 Å². The van der Waals surface area contributed by atoms with Crippen molar-refractivity contribution in [1.29, 1.82) is 0 Å². The summed E-state index contributed by atoms with van der Waals surface area (Å²) in [5, 5.41) is 3.97. The molecule has 0 aromatic heterocycles. The zero-order valence-electron chi connectivity index (χ0n) is 16.4. The highest BCUT2D eigenvalue weighted by Crippen LogP contribution is 2.33. The Morgan fingerprint density at radius 3 is 2.52 bits per heavy atom. The first-order valence-corrected chi connectivity index (χ1v) is 10.5. The van der Waals surface area contributed by atoms with Crippen LogP contribution in [0.5, 0.6) is 0 Å². The fourth-order valence-corrected chi connectivity index (χ4v) is 4.50. The van der Waals surface area contributed by atoms with E-state index in [2.05, 4.69) is 10.2 Å². The summed E-state index contributed by atoms with van der Waals surface area (Å²) in [6.07, 6.45) is 6.17. The summed E-state index contributed by atoms with van der Waals surface area (Å²) in [5.41, 5.74) is 1.28. The molecule has 0 atom stereocenters. The molecule has 1 saturated carbocycles. The molecule has 1 aromatic carbocycles. The molecule has 6 heteroatoms. The normalized spacial score (nSPS) is 20.6. The molecule has 1 saturated heterocycles. The lowest BCUT2D eigenvalue weighted by Crippen LogP contribution is -2.60. The monoisotopic (exact) mass is 393 g/mol. The van der Waals surface area contributed by atoms with E-state index in [0.29, 0.717) is 6.54 Å². The van der Waals surface area contributed by atoms with Gasteiger partial charge in [-0.3, -0.25) is 14.6 Å². The second-order valence-electron chi connectivity index (χ2n) is 7.96. The van der Waals surface area contributed by atoms with Crippen LogP contribution in [0.3, 0.4) is 0 Å². The lowest BCUT2D eigenvalue weighted by molar-refractivity contribution is -0.123. The van der Waals surface area contributed by atoms with Gasteiger partial charge in [0.1, 0.15) is 0 Å². The van der Waals surface area contributed by atoms with Gasteiger partial charge in [-0.05, 0) is 37.6 Å². The van der Waals surface area contributed by atoms with E-state index in [9.17, 15) is 4.79 Å². The second kappa shape index (κ2) is 9.87. The molecule has 1 amide bonds.